The van der Waals surface area contributed by atoms with Crippen molar-refractivity contribution in [3.8, 4) is 33.4 Å². The number of fused-ring (bicyclic) bond motifs is 1. The highest BCUT2D eigenvalue weighted by atomic mass is 35.5. The molecular formula is C24H21ClO3S. The monoisotopic (exact) mass is 424 g/mol. The van der Waals surface area contributed by atoms with Crippen LogP contribution >= 0.6 is 22.9 Å². The zero-order chi connectivity index (χ0) is 20.2. The smallest absolute Gasteiger partial charge is 0.153 e. The summed E-state index contributed by atoms with van der Waals surface area (Å²) in [5.41, 5.74) is 1.07. The summed E-state index contributed by atoms with van der Waals surface area (Å²) in [4.78, 5) is 1.07. The van der Waals surface area contributed by atoms with Gasteiger partial charge in [-0.05, 0) is 61.0 Å². The first-order valence-corrected chi connectivity index (χ1v) is 10.6. The van der Waals surface area contributed by atoms with Crippen molar-refractivity contribution in [1.82, 2.24) is 0 Å². The average molecular weight is 425 g/mol. The molecule has 3 aromatic carbocycles. The number of thiophene rings is 1. The normalized spacial score (nSPS) is 12.0. The van der Waals surface area contributed by atoms with Crippen LogP contribution in [-0.2, 0) is 0 Å². The molecule has 0 saturated carbocycles. The second-order valence-electron chi connectivity index (χ2n) is 6.65. The zero-order valence-electron chi connectivity index (χ0n) is 16.2. The summed E-state index contributed by atoms with van der Waals surface area (Å²) < 4.78 is 18.6. The topological polar surface area (TPSA) is 27.7 Å². The fourth-order valence-electron chi connectivity index (χ4n) is 3.01. The van der Waals surface area contributed by atoms with Crippen molar-refractivity contribution in [2.45, 2.75) is 12.3 Å². The predicted octanol–water partition coefficient (Wildman–Crippen LogP) is 7.38. The van der Waals surface area contributed by atoms with Crippen molar-refractivity contribution in [3.63, 3.8) is 0 Å². The predicted molar refractivity (Wildman–Crippen MR) is 121 cm³/mol. The van der Waals surface area contributed by atoms with E-state index in [4.69, 9.17) is 25.8 Å². The highest BCUT2D eigenvalue weighted by Gasteiger charge is 2.16. The molecule has 0 aliphatic carbocycles. The molecule has 0 spiro atoms. The number of rotatable bonds is 7. The molecule has 0 radical (unpaired) electrons. The number of hydrogen-bond acceptors (Lipinski definition) is 4. The van der Waals surface area contributed by atoms with Crippen LogP contribution in [0.5, 0.6) is 23.0 Å². The largest absolute Gasteiger partial charge is 0.497 e. The molecule has 5 heteroatoms. The van der Waals surface area contributed by atoms with Crippen LogP contribution in [0.1, 0.15) is 6.92 Å². The molecule has 0 N–H and O–H groups in total. The van der Waals surface area contributed by atoms with Gasteiger partial charge in [0.25, 0.3) is 0 Å². The minimum atomic E-state index is -0.0338. The Morgan fingerprint density at radius 1 is 0.897 bits per heavy atom. The third kappa shape index (κ3) is 4.50. The first-order valence-electron chi connectivity index (χ1n) is 9.35. The van der Waals surface area contributed by atoms with E-state index in [1.807, 2.05) is 61.5 Å². The number of alkyl halides is 1. The molecule has 0 aliphatic heterocycles. The van der Waals surface area contributed by atoms with Gasteiger partial charge in [0, 0.05) is 10.1 Å². The lowest BCUT2D eigenvalue weighted by molar-refractivity contribution is 0.320. The summed E-state index contributed by atoms with van der Waals surface area (Å²) in [6, 6.07) is 23.9. The molecule has 1 unspecified atom stereocenters. The van der Waals surface area contributed by atoms with Gasteiger partial charge in [0.1, 0.15) is 23.9 Å². The van der Waals surface area contributed by atoms with Gasteiger partial charge in [-0.1, -0.05) is 24.3 Å². The molecule has 0 aliphatic rings. The molecule has 1 heterocycles. The van der Waals surface area contributed by atoms with Gasteiger partial charge in [-0.15, -0.1) is 22.9 Å². The Kier molecular flexibility index (Phi) is 5.93. The number of halogens is 1. The van der Waals surface area contributed by atoms with E-state index in [9.17, 15) is 0 Å². The maximum absolute atomic E-state index is 6.36. The van der Waals surface area contributed by atoms with Gasteiger partial charge in [-0.3, -0.25) is 0 Å². The number of methoxy groups -OCH3 is 1. The van der Waals surface area contributed by atoms with Gasteiger partial charge in [-0.25, -0.2) is 0 Å². The Labute approximate surface area is 179 Å². The van der Waals surface area contributed by atoms with Crippen LogP contribution in [0.4, 0.5) is 0 Å². The molecule has 0 saturated heterocycles. The third-order valence-corrected chi connectivity index (χ3v) is 5.73. The van der Waals surface area contributed by atoms with Crippen molar-refractivity contribution in [1.29, 1.82) is 0 Å². The van der Waals surface area contributed by atoms with Gasteiger partial charge in [0.15, 0.2) is 5.75 Å². The quantitative estimate of drug-likeness (QED) is 0.290. The Hall–Kier alpha value is -2.69. The van der Waals surface area contributed by atoms with Crippen molar-refractivity contribution in [2.24, 2.45) is 0 Å². The van der Waals surface area contributed by atoms with Crippen LogP contribution < -0.4 is 14.2 Å². The molecule has 148 valence electrons. The fourth-order valence-corrected chi connectivity index (χ4v) is 4.20. The highest BCUT2D eigenvalue weighted by molar-refractivity contribution is 7.22. The maximum Gasteiger partial charge on any atom is 0.153 e. The lowest BCUT2D eigenvalue weighted by Crippen LogP contribution is -2.06. The Balaban J connectivity index is 1.69. The highest BCUT2D eigenvalue weighted by Crippen LogP contribution is 2.46. The van der Waals surface area contributed by atoms with Crippen LogP contribution in [0, 0.1) is 0 Å². The van der Waals surface area contributed by atoms with E-state index in [1.165, 1.54) is 4.70 Å². The summed E-state index contributed by atoms with van der Waals surface area (Å²) in [5, 5.41) is 1.06. The van der Waals surface area contributed by atoms with Gasteiger partial charge in [0.05, 0.1) is 17.4 Å². The van der Waals surface area contributed by atoms with Gasteiger partial charge in [-0.2, -0.15) is 0 Å². The summed E-state index contributed by atoms with van der Waals surface area (Å²) in [6.45, 7) is 2.37. The van der Waals surface area contributed by atoms with Gasteiger partial charge >= 0.3 is 0 Å². The third-order valence-electron chi connectivity index (χ3n) is 4.41. The molecule has 29 heavy (non-hydrogen) atoms. The SMILES string of the molecule is COc1cccc(-c2sc3ccccc3c2Oc2ccc(OCC(C)Cl)cc2)c1. The summed E-state index contributed by atoms with van der Waals surface area (Å²) in [5.74, 6) is 3.19. The van der Waals surface area contributed by atoms with E-state index in [2.05, 4.69) is 18.2 Å². The van der Waals surface area contributed by atoms with Crippen molar-refractivity contribution in [2.75, 3.05) is 13.7 Å². The second-order valence-corrected chi connectivity index (χ2v) is 8.45. The molecule has 3 nitrogen and oxygen atoms in total. The minimum Gasteiger partial charge on any atom is -0.497 e. The first-order chi connectivity index (χ1) is 14.1. The molecule has 0 amide bonds. The lowest BCUT2D eigenvalue weighted by atomic mass is 10.1. The standard InChI is InChI=1S/C24H21ClO3S/c1-16(25)15-27-18-10-12-19(13-11-18)28-23-21-8-3-4-9-22(21)29-24(23)17-6-5-7-20(14-17)26-2/h3-14,16H,15H2,1-2H3. The van der Waals surface area contributed by atoms with E-state index < -0.39 is 0 Å². The minimum absolute atomic E-state index is 0.0338. The fraction of sp³-hybridized carbons (Fsp3) is 0.167. The molecule has 1 aromatic heterocycles. The molecule has 0 bridgehead atoms. The number of ether oxygens (including phenoxy) is 3. The second kappa shape index (κ2) is 8.76. The van der Waals surface area contributed by atoms with E-state index in [-0.39, 0.29) is 5.38 Å². The van der Waals surface area contributed by atoms with Crippen LogP contribution in [-0.4, -0.2) is 19.1 Å². The van der Waals surface area contributed by atoms with Crippen molar-refractivity contribution < 1.29 is 14.2 Å². The Morgan fingerprint density at radius 2 is 1.66 bits per heavy atom. The summed E-state index contributed by atoms with van der Waals surface area (Å²) >= 11 is 7.66. The van der Waals surface area contributed by atoms with Gasteiger partial charge in [0.2, 0.25) is 0 Å². The molecule has 1 atom stereocenters. The van der Waals surface area contributed by atoms with Crippen LogP contribution in [0.15, 0.2) is 72.8 Å². The molecule has 0 fully saturated rings. The van der Waals surface area contributed by atoms with Crippen LogP contribution in [0.2, 0.25) is 0 Å². The van der Waals surface area contributed by atoms with E-state index in [0.717, 1.165) is 38.8 Å². The molecule has 4 rings (SSSR count). The number of hydrogen-bond donors (Lipinski definition) is 0. The Morgan fingerprint density at radius 3 is 2.41 bits per heavy atom. The summed E-state index contributed by atoms with van der Waals surface area (Å²) in [7, 11) is 1.68. The molecular weight excluding hydrogens is 404 g/mol. The van der Waals surface area contributed by atoms with E-state index in [0.29, 0.717) is 6.61 Å². The van der Waals surface area contributed by atoms with E-state index in [1.54, 1.807) is 18.4 Å². The maximum atomic E-state index is 6.36. The zero-order valence-corrected chi connectivity index (χ0v) is 17.8. The first kappa shape index (κ1) is 19.6. The van der Waals surface area contributed by atoms with E-state index >= 15 is 0 Å². The Bertz CT molecular complexity index is 1100. The summed E-state index contributed by atoms with van der Waals surface area (Å²) in [6.07, 6.45) is 0. The lowest BCUT2D eigenvalue weighted by Gasteiger charge is -2.11. The van der Waals surface area contributed by atoms with Crippen LogP contribution in [0.3, 0.4) is 0 Å². The van der Waals surface area contributed by atoms with Crippen molar-refractivity contribution in [3.05, 3.63) is 72.8 Å². The van der Waals surface area contributed by atoms with Crippen LogP contribution in [0.25, 0.3) is 20.5 Å². The average Bonchev–Trinajstić information content (AvgIpc) is 3.12. The number of benzene rings is 3. The van der Waals surface area contributed by atoms with Gasteiger partial charge < -0.3 is 14.2 Å². The molecule has 4 aromatic rings. The van der Waals surface area contributed by atoms with Crippen molar-refractivity contribution >= 4 is 33.0 Å².